The number of nitrogens with one attached hydrogen (secondary N) is 2. The van der Waals surface area contributed by atoms with Gasteiger partial charge in [-0.2, -0.15) is 5.21 Å². The molecule has 0 aliphatic rings. The van der Waals surface area contributed by atoms with Gasteiger partial charge in [-0.1, -0.05) is 21.1 Å². The highest BCUT2D eigenvalue weighted by Crippen LogP contribution is 2.27. The molecule has 0 fully saturated rings. The summed E-state index contributed by atoms with van der Waals surface area (Å²) in [7, 11) is -3.74. The number of halogens is 1. The van der Waals surface area contributed by atoms with Gasteiger partial charge in [-0.3, -0.25) is 0 Å². The zero-order valence-electron chi connectivity index (χ0n) is 10.5. The van der Waals surface area contributed by atoms with Crippen molar-refractivity contribution >= 4 is 26.0 Å². The molecule has 10 heteroatoms. The second-order valence-corrected chi connectivity index (χ2v) is 6.33. The number of sulfonamides is 1. The molecule has 0 aliphatic heterocycles. The summed E-state index contributed by atoms with van der Waals surface area (Å²) in [4.78, 5) is 0.0530. The third kappa shape index (κ3) is 3.52. The van der Waals surface area contributed by atoms with Gasteiger partial charge in [-0.15, -0.1) is 10.2 Å². The maximum Gasteiger partial charge on any atom is 0.244 e. The van der Waals surface area contributed by atoms with Gasteiger partial charge < -0.3 is 4.74 Å². The molecule has 0 saturated heterocycles. The van der Waals surface area contributed by atoms with Crippen LogP contribution in [0.1, 0.15) is 12.7 Å². The topological polar surface area (TPSA) is 110 Å². The molecule has 20 heavy (non-hydrogen) atoms. The molecule has 1 heterocycles. The van der Waals surface area contributed by atoms with E-state index in [1.54, 1.807) is 19.1 Å². The Balaban J connectivity index is 2.26. The van der Waals surface area contributed by atoms with Crippen LogP contribution >= 0.6 is 15.9 Å². The van der Waals surface area contributed by atoms with Crippen LogP contribution in [0.15, 0.2) is 27.6 Å². The van der Waals surface area contributed by atoms with E-state index in [0.29, 0.717) is 11.1 Å². The number of hydrogen-bond acceptors (Lipinski definition) is 6. The Morgan fingerprint density at radius 3 is 2.90 bits per heavy atom. The number of ether oxygens (including phenoxy) is 1. The second-order valence-electron chi connectivity index (χ2n) is 3.68. The van der Waals surface area contributed by atoms with Gasteiger partial charge >= 0.3 is 0 Å². The summed E-state index contributed by atoms with van der Waals surface area (Å²) >= 11 is 3.24. The van der Waals surface area contributed by atoms with Crippen LogP contribution in [0, 0.1) is 0 Å². The summed E-state index contributed by atoms with van der Waals surface area (Å²) in [5.41, 5.74) is 0. The predicted octanol–water partition coefficient (Wildman–Crippen LogP) is 0.839. The molecule has 108 valence electrons. The largest absolute Gasteiger partial charge is 0.492 e. The van der Waals surface area contributed by atoms with Crippen LogP contribution in [-0.4, -0.2) is 35.6 Å². The molecule has 0 aliphatic carbocycles. The first-order valence-corrected chi connectivity index (χ1v) is 7.95. The fourth-order valence-electron chi connectivity index (χ4n) is 1.46. The minimum absolute atomic E-state index is 0.0530. The monoisotopic (exact) mass is 361 g/mol. The zero-order valence-corrected chi connectivity index (χ0v) is 12.9. The highest BCUT2D eigenvalue weighted by molar-refractivity contribution is 9.10. The smallest absolute Gasteiger partial charge is 0.244 e. The molecule has 8 nitrogen and oxygen atoms in total. The molecule has 0 spiro atoms. The third-order valence-corrected chi connectivity index (χ3v) is 4.22. The van der Waals surface area contributed by atoms with E-state index in [4.69, 9.17) is 4.74 Å². The first-order chi connectivity index (χ1) is 9.53. The number of hydrogen-bond donors (Lipinski definition) is 2. The van der Waals surface area contributed by atoms with Crippen LogP contribution in [-0.2, 0) is 16.6 Å². The molecule has 2 aromatic rings. The number of H-pyrrole nitrogens is 1. The van der Waals surface area contributed by atoms with Crippen molar-refractivity contribution in [2.45, 2.75) is 18.4 Å². The molecule has 0 radical (unpaired) electrons. The molecular weight excluding hydrogens is 350 g/mol. The van der Waals surface area contributed by atoms with Crippen molar-refractivity contribution in [2.24, 2.45) is 0 Å². The van der Waals surface area contributed by atoms with Crippen molar-refractivity contribution < 1.29 is 13.2 Å². The van der Waals surface area contributed by atoms with Gasteiger partial charge in [0.2, 0.25) is 10.0 Å². The van der Waals surface area contributed by atoms with Crippen LogP contribution in [0.2, 0.25) is 0 Å². The Hall–Kier alpha value is -1.52. The Morgan fingerprint density at radius 1 is 1.45 bits per heavy atom. The number of tetrazole rings is 1. The summed E-state index contributed by atoms with van der Waals surface area (Å²) in [5, 5.41) is 13.0. The van der Waals surface area contributed by atoms with Gasteiger partial charge in [0.25, 0.3) is 0 Å². The Labute approximate surface area is 124 Å². The van der Waals surface area contributed by atoms with Crippen LogP contribution in [0.3, 0.4) is 0 Å². The van der Waals surface area contributed by atoms with E-state index in [9.17, 15) is 8.42 Å². The summed E-state index contributed by atoms with van der Waals surface area (Å²) in [5.74, 6) is 0.540. The fourth-order valence-corrected chi connectivity index (χ4v) is 3.12. The molecule has 0 atom stereocenters. The summed E-state index contributed by atoms with van der Waals surface area (Å²) in [6, 6.07) is 4.78. The van der Waals surface area contributed by atoms with E-state index in [0.717, 1.165) is 0 Å². The lowest BCUT2D eigenvalue weighted by Gasteiger charge is -2.11. The highest BCUT2D eigenvalue weighted by atomic mass is 79.9. The standard InChI is InChI=1S/C10H12BrN5O3S/c1-2-19-8-4-3-7(11)5-9(8)20(17,18)12-6-10-13-15-16-14-10/h3-5,12H,2,6H2,1H3,(H,13,14,15,16). The van der Waals surface area contributed by atoms with Crippen molar-refractivity contribution in [1.29, 1.82) is 0 Å². The highest BCUT2D eigenvalue weighted by Gasteiger charge is 2.20. The molecule has 2 rings (SSSR count). The van der Waals surface area contributed by atoms with E-state index in [2.05, 4.69) is 41.3 Å². The second kappa shape index (κ2) is 6.29. The normalized spacial score (nSPS) is 11.5. The lowest BCUT2D eigenvalue weighted by atomic mass is 10.3. The minimum Gasteiger partial charge on any atom is -0.492 e. The third-order valence-electron chi connectivity index (χ3n) is 2.30. The van der Waals surface area contributed by atoms with Gasteiger partial charge in [-0.25, -0.2) is 13.1 Å². The maximum absolute atomic E-state index is 12.3. The molecule has 2 N–H and O–H groups in total. The quantitative estimate of drug-likeness (QED) is 0.788. The van der Waals surface area contributed by atoms with Crippen LogP contribution in [0.5, 0.6) is 5.75 Å². The number of benzene rings is 1. The first-order valence-electron chi connectivity index (χ1n) is 5.67. The Kier molecular flexibility index (Phi) is 4.68. The van der Waals surface area contributed by atoms with E-state index in [1.165, 1.54) is 6.07 Å². The predicted molar refractivity (Wildman–Crippen MR) is 73.5 cm³/mol. The lowest BCUT2D eigenvalue weighted by Crippen LogP contribution is -2.24. The number of aromatic amines is 1. The molecule has 1 aromatic heterocycles. The molecule has 0 amide bonds. The molecule has 1 aromatic carbocycles. The average Bonchev–Trinajstić information content (AvgIpc) is 2.92. The number of rotatable bonds is 6. The number of aromatic nitrogens is 4. The Bertz CT molecular complexity index is 674. The van der Waals surface area contributed by atoms with Gasteiger partial charge in [0.05, 0.1) is 13.2 Å². The maximum atomic E-state index is 12.3. The minimum atomic E-state index is -3.74. The first kappa shape index (κ1) is 14.9. The van der Waals surface area contributed by atoms with Crippen LogP contribution < -0.4 is 9.46 Å². The average molecular weight is 362 g/mol. The summed E-state index contributed by atoms with van der Waals surface area (Å²) in [6.07, 6.45) is 0. The SMILES string of the molecule is CCOc1ccc(Br)cc1S(=O)(=O)NCc1nn[nH]n1. The molecule has 0 unspecified atom stereocenters. The van der Waals surface area contributed by atoms with Crippen molar-refractivity contribution in [2.75, 3.05) is 6.61 Å². The van der Waals surface area contributed by atoms with Crippen LogP contribution in [0.4, 0.5) is 0 Å². The van der Waals surface area contributed by atoms with Crippen molar-refractivity contribution in [3.8, 4) is 5.75 Å². The van der Waals surface area contributed by atoms with E-state index < -0.39 is 10.0 Å². The van der Waals surface area contributed by atoms with E-state index in [-0.39, 0.29) is 23.0 Å². The summed E-state index contributed by atoms with van der Waals surface area (Å²) < 4.78 is 32.9. The number of nitrogens with zero attached hydrogens (tertiary/aromatic N) is 3. The molecule has 0 bridgehead atoms. The van der Waals surface area contributed by atoms with Gasteiger partial charge in [-0.05, 0) is 25.1 Å². The zero-order chi connectivity index (χ0) is 14.6. The van der Waals surface area contributed by atoms with E-state index in [1.807, 2.05) is 0 Å². The summed E-state index contributed by atoms with van der Waals surface area (Å²) in [6.45, 7) is 2.09. The van der Waals surface area contributed by atoms with Crippen molar-refractivity contribution in [3.05, 3.63) is 28.5 Å². The Morgan fingerprint density at radius 2 is 2.25 bits per heavy atom. The van der Waals surface area contributed by atoms with Crippen LogP contribution in [0.25, 0.3) is 0 Å². The van der Waals surface area contributed by atoms with Gasteiger partial charge in [0, 0.05) is 4.47 Å². The molecule has 0 saturated carbocycles. The van der Waals surface area contributed by atoms with Gasteiger partial charge in [0.1, 0.15) is 10.6 Å². The van der Waals surface area contributed by atoms with Gasteiger partial charge in [0.15, 0.2) is 5.82 Å². The lowest BCUT2D eigenvalue weighted by molar-refractivity contribution is 0.331. The fraction of sp³-hybridized carbons (Fsp3) is 0.300. The van der Waals surface area contributed by atoms with E-state index >= 15 is 0 Å². The van der Waals surface area contributed by atoms with Crippen molar-refractivity contribution in [3.63, 3.8) is 0 Å². The molecular formula is C10H12BrN5O3S. The van der Waals surface area contributed by atoms with Crippen molar-refractivity contribution in [1.82, 2.24) is 25.3 Å².